The molecule has 2 aromatic rings. The van der Waals surface area contributed by atoms with Gasteiger partial charge in [0.25, 0.3) is 5.91 Å². The zero-order chi connectivity index (χ0) is 13.8. The molecular weight excluding hydrogens is 306 g/mol. The van der Waals surface area contributed by atoms with Crippen LogP contribution >= 0.6 is 15.9 Å². The standard InChI is InChI=1S/C14H14BrN3O/c1-9-7-11(16-2)4-5-12(9)14(19)18-13-6-3-10(15)8-17-13/h3-8,16H,1-2H3,(H,17,18,19). The number of benzene rings is 1. The summed E-state index contributed by atoms with van der Waals surface area (Å²) in [5.74, 6) is 0.375. The Bertz CT molecular complexity index is 596. The van der Waals surface area contributed by atoms with Crippen LogP contribution in [0.4, 0.5) is 11.5 Å². The van der Waals surface area contributed by atoms with Crippen molar-refractivity contribution in [2.45, 2.75) is 6.92 Å². The maximum Gasteiger partial charge on any atom is 0.257 e. The zero-order valence-electron chi connectivity index (χ0n) is 10.7. The summed E-state index contributed by atoms with van der Waals surface area (Å²) < 4.78 is 0.875. The van der Waals surface area contributed by atoms with Crippen molar-refractivity contribution in [3.05, 3.63) is 52.1 Å². The van der Waals surface area contributed by atoms with Gasteiger partial charge < -0.3 is 10.6 Å². The van der Waals surface area contributed by atoms with E-state index in [2.05, 4.69) is 31.5 Å². The topological polar surface area (TPSA) is 54.0 Å². The molecule has 0 saturated heterocycles. The van der Waals surface area contributed by atoms with Gasteiger partial charge in [0, 0.05) is 29.0 Å². The molecule has 1 aromatic carbocycles. The van der Waals surface area contributed by atoms with Crippen molar-refractivity contribution in [1.82, 2.24) is 4.98 Å². The molecular formula is C14H14BrN3O. The maximum atomic E-state index is 12.1. The Kier molecular flexibility index (Phi) is 4.16. The summed E-state index contributed by atoms with van der Waals surface area (Å²) in [5.41, 5.74) is 2.54. The number of carbonyl (C=O) groups is 1. The Morgan fingerprint density at radius 1 is 1.26 bits per heavy atom. The largest absolute Gasteiger partial charge is 0.388 e. The lowest BCUT2D eigenvalue weighted by atomic mass is 10.1. The van der Waals surface area contributed by atoms with Crippen LogP contribution in [-0.4, -0.2) is 17.9 Å². The third-order valence-electron chi connectivity index (χ3n) is 2.73. The number of nitrogens with one attached hydrogen (secondary N) is 2. The van der Waals surface area contributed by atoms with Crippen molar-refractivity contribution >= 4 is 33.3 Å². The minimum Gasteiger partial charge on any atom is -0.388 e. The van der Waals surface area contributed by atoms with E-state index in [0.717, 1.165) is 15.7 Å². The summed E-state index contributed by atoms with van der Waals surface area (Å²) in [5, 5.41) is 5.81. The Hall–Kier alpha value is -1.88. The van der Waals surface area contributed by atoms with E-state index >= 15 is 0 Å². The normalized spacial score (nSPS) is 10.1. The molecule has 1 amide bonds. The highest BCUT2D eigenvalue weighted by Gasteiger charge is 2.10. The van der Waals surface area contributed by atoms with Crippen LogP contribution in [0, 0.1) is 6.92 Å². The van der Waals surface area contributed by atoms with Crippen LogP contribution in [0.1, 0.15) is 15.9 Å². The number of hydrogen-bond donors (Lipinski definition) is 2. The van der Waals surface area contributed by atoms with Crippen LogP contribution in [-0.2, 0) is 0 Å². The lowest BCUT2D eigenvalue weighted by molar-refractivity contribution is 0.102. The van der Waals surface area contributed by atoms with Gasteiger partial charge in [-0.15, -0.1) is 0 Å². The van der Waals surface area contributed by atoms with Gasteiger partial charge in [0.05, 0.1) is 0 Å². The minimum atomic E-state index is -0.157. The molecule has 4 nitrogen and oxygen atoms in total. The molecule has 19 heavy (non-hydrogen) atoms. The summed E-state index contributed by atoms with van der Waals surface area (Å²) in [7, 11) is 1.85. The first-order valence-corrected chi connectivity index (χ1v) is 6.61. The van der Waals surface area contributed by atoms with E-state index in [4.69, 9.17) is 0 Å². The van der Waals surface area contributed by atoms with Crippen LogP contribution in [0.5, 0.6) is 0 Å². The lowest BCUT2D eigenvalue weighted by Crippen LogP contribution is -2.14. The van der Waals surface area contributed by atoms with Gasteiger partial charge in [0.1, 0.15) is 5.82 Å². The summed E-state index contributed by atoms with van der Waals surface area (Å²) in [6.45, 7) is 1.91. The predicted molar refractivity (Wildman–Crippen MR) is 80.6 cm³/mol. The average Bonchev–Trinajstić information content (AvgIpc) is 2.41. The Morgan fingerprint density at radius 3 is 2.63 bits per heavy atom. The van der Waals surface area contributed by atoms with Crippen LogP contribution in [0.25, 0.3) is 0 Å². The van der Waals surface area contributed by atoms with Crippen molar-refractivity contribution in [2.24, 2.45) is 0 Å². The molecule has 5 heteroatoms. The van der Waals surface area contributed by atoms with E-state index in [1.54, 1.807) is 18.3 Å². The highest BCUT2D eigenvalue weighted by atomic mass is 79.9. The number of amides is 1. The van der Waals surface area contributed by atoms with Gasteiger partial charge in [-0.1, -0.05) is 0 Å². The van der Waals surface area contributed by atoms with Crippen molar-refractivity contribution in [2.75, 3.05) is 17.7 Å². The van der Waals surface area contributed by atoms with E-state index in [-0.39, 0.29) is 5.91 Å². The molecule has 2 rings (SSSR count). The van der Waals surface area contributed by atoms with Gasteiger partial charge in [-0.2, -0.15) is 0 Å². The first-order valence-electron chi connectivity index (χ1n) is 5.81. The molecule has 2 N–H and O–H groups in total. The zero-order valence-corrected chi connectivity index (χ0v) is 12.3. The van der Waals surface area contributed by atoms with E-state index in [1.165, 1.54) is 0 Å². The van der Waals surface area contributed by atoms with Crippen molar-refractivity contribution in [3.63, 3.8) is 0 Å². The average molecular weight is 320 g/mol. The minimum absolute atomic E-state index is 0.157. The summed E-state index contributed by atoms with van der Waals surface area (Å²) in [4.78, 5) is 16.3. The van der Waals surface area contributed by atoms with E-state index < -0.39 is 0 Å². The molecule has 0 aliphatic carbocycles. The highest BCUT2D eigenvalue weighted by Crippen LogP contribution is 2.17. The van der Waals surface area contributed by atoms with Crippen molar-refractivity contribution < 1.29 is 4.79 Å². The van der Waals surface area contributed by atoms with Crippen LogP contribution in [0.3, 0.4) is 0 Å². The van der Waals surface area contributed by atoms with E-state index in [1.807, 2.05) is 32.2 Å². The summed E-state index contributed by atoms with van der Waals surface area (Å²) >= 11 is 3.30. The Morgan fingerprint density at radius 2 is 2.05 bits per heavy atom. The first-order chi connectivity index (χ1) is 9.10. The third kappa shape index (κ3) is 3.32. The lowest BCUT2D eigenvalue weighted by Gasteiger charge is -2.09. The van der Waals surface area contributed by atoms with Crippen LogP contribution < -0.4 is 10.6 Å². The predicted octanol–water partition coefficient (Wildman–Crippen LogP) is 3.45. The maximum absolute atomic E-state index is 12.1. The summed E-state index contributed by atoms with van der Waals surface area (Å²) in [6.07, 6.45) is 1.65. The first kappa shape index (κ1) is 13.5. The second kappa shape index (κ2) is 5.84. The van der Waals surface area contributed by atoms with Crippen LogP contribution in [0.15, 0.2) is 41.0 Å². The third-order valence-corrected chi connectivity index (χ3v) is 3.20. The van der Waals surface area contributed by atoms with Gasteiger partial charge >= 0.3 is 0 Å². The molecule has 0 saturated carbocycles. The van der Waals surface area contributed by atoms with Gasteiger partial charge in [-0.25, -0.2) is 4.98 Å². The van der Waals surface area contributed by atoms with E-state index in [9.17, 15) is 4.79 Å². The molecule has 0 aliphatic rings. The second-order valence-corrected chi connectivity index (χ2v) is 5.01. The molecule has 98 valence electrons. The molecule has 0 unspecified atom stereocenters. The number of hydrogen-bond acceptors (Lipinski definition) is 3. The molecule has 0 spiro atoms. The molecule has 0 bridgehead atoms. The number of aromatic nitrogens is 1. The fourth-order valence-electron chi connectivity index (χ4n) is 1.71. The Balaban J connectivity index is 2.18. The molecule has 0 fully saturated rings. The van der Waals surface area contributed by atoms with Gasteiger partial charge in [0.2, 0.25) is 0 Å². The molecule has 0 aliphatic heterocycles. The SMILES string of the molecule is CNc1ccc(C(=O)Nc2ccc(Br)cn2)c(C)c1. The smallest absolute Gasteiger partial charge is 0.257 e. The van der Waals surface area contributed by atoms with E-state index in [0.29, 0.717) is 11.4 Å². The number of aryl methyl sites for hydroxylation is 1. The van der Waals surface area contributed by atoms with Gasteiger partial charge in [-0.3, -0.25) is 4.79 Å². The number of nitrogens with zero attached hydrogens (tertiary/aromatic N) is 1. The number of halogens is 1. The fraction of sp³-hybridized carbons (Fsp3) is 0.143. The highest BCUT2D eigenvalue weighted by molar-refractivity contribution is 9.10. The molecule has 0 atom stereocenters. The number of carbonyl (C=O) groups excluding carboxylic acids is 1. The molecule has 1 aromatic heterocycles. The number of anilines is 2. The van der Waals surface area contributed by atoms with Crippen LogP contribution in [0.2, 0.25) is 0 Å². The Labute approximate surface area is 120 Å². The molecule has 0 radical (unpaired) electrons. The van der Waals surface area contributed by atoms with Crippen molar-refractivity contribution in [1.29, 1.82) is 0 Å². The second-order valence-electron chi connectivity index (χ2n) is 4.10. The number of rotatable bonds is 3. The van der Waals surface area contributed by atoms with Gasteiger partial charge in [-0.05, 0) is 58.7 Å². The fourth-order valence-corrected chi connectivity index (χ4v) is 1.94. The monoisotopic (exact) mass is 319 g/mol. The number of pyridine rings is 1. The molecule has 1 heterocycles. The quantitative estimate of drug-likeness (QED) is 0.911. The van der Waals surface area contributed by atoms with Crippen molar-refractivity contribution in [3.8, 4) is 0 Å². The summed E-state index contributed by atoms with van der Waals surface area (Å²) in [6, 6.07) is 9.19. The van der Waals surface area contributed by atoms with Gasteiger partial charge in [0.15, 0.2) is 0 Å².